The van der Waals surface area contributed by atoms with Crippen molar-refractivity contribution >= 4 is 11.6 Å². The number of hydrogen-bond donors (Lipinski definition) is 2. The largest absolute Gasteiger partial charge is 0.467 e. The first kappa shape index (κ1) is 14.0. The second kappa shape index (κ2) is 6.67. The van der Waals surface area contributed by atoms with Gasteiger partial charge in [-0.15, -0.1) is 4.98 Å². The molecule has 2 aromatic rings. The van der Waals surface area contributed by atoms with Crippen molar-refractivity contribution in [1.29, 1.82) is 0 Å². The zero-order valence-electron chi connectivity index (χ0n) is 11.5. The second-order valence-corrected chi connectivity index (χ2v) is 3.99. The normalized spacial score (nSPS) is 10.2. The van der Waals surface area contributed by atoms with Crippen molar-refractivity contribution in [2.75, 3.05) is 26.1 Å². The van der Waals surface area contributed by atoms with Crippen LogP contribution >= 0.6 is 0 Å². The number of nitrogens with two attached hydrogens (primary N) is 1. The van der Waals surface area contributed by atoms with Gasteiger partial charge in [-0.05, 0) is 30.7 Å². The van der Waals surface area contributed by atoms with E-state index in [0.717, 1.165) is 12.1 Å². The average Bonchev–Trinajstić information content (AvgIpc) is 2.49. The second-order valence-electron chi connectivity index (χ2n) is 3.99. The van der Waals surface area contributed by atoms with Gasteiger partial charge in [0.05, 0.1) is 14.2 Å². The van der Waals surface area contributed by atoms with Gasteiger partial charge in [-0.25, -0.2) is 0 Å². The summed E-state index contributed by atoms with van der Waals surface area (Å²) in [4.78, 5) is 12.1. The monoisotopic (exact) mass is 275 g/mol. The first-order chi connectivity index (χ1) is 9.75. The molecule has 7 nitrogen and oxygen atoms in total. The van der Waals surface area contributed by atoms with Crippen molar-refractivity contribution in [3.05, 3.63) is 29.8 Å². The van der Waals surface area contributed by atoms with E-state index in [1.54, 1.807) is 0 Å². The summed E-state index contributed by atoms with van der Waals surface area (Å²) >= 11 is 0. The van der Waals surface area contributed by atoms with Crippen molar-refractivity contribution in [3.63, 3.8) is 0 Å². The molecule has 0 radical (unpaired) electrons. The van der Waals surface area contributed by atoms with E-state index in [0.29, 0.717) is 12.5 Å². The van der Waals surface area contributed by atoms with Gasteiger partial charge in [-0.1, -0.05) is 12.1 Å². The molecule has 0 aliphatic carbocycles. The van der Waals surface area contributed by atoms with E-state index >= 15 is 0 Å². The molecule has 1 aromatic carbocycles. The fourth-order valence-electron chi connectivity index (χ4n) is 1.63. The van der Waals surface area contributed by atoms with E-state index in [-0.39, 0.29) is 12.0 Å². The summed E-state index contributed by atoms with van der Waals surface area (Å²) in [5.41, 5.74) is 7.56. The third kappa shape index (κ3) is 3.55. The number of nitrogens with one attached hydrogen (secondary N) is 1. The molecular formula is C13H17N5O2. The minimum Gasteiger partial charge on any atom is -0.467 e. The van der Waals surface area contributed by atoms with Crippen LogP contribution in [0.15, 0.2) is 24.3 Å². The highest BCUT2D eigenvalue weighted by Crippen LogP contribution is 2.17. The van der Waals surface area contributed by atoms with Crippen LogP contribution in [0.2, 0.25) is 0 Å². The van der Waals surface area contributed by atoms with Crippen LogP contribution in [0.5, 0.6) is 12.0 Å². The molecule has 0 spiro atoms. The van der Waals surface area contributed by atoms with Crippen molar-refractivity contribution < 1.29 is 9.47 Å². The predicted octanol–water partition coefficient (Wildman–Crippen LogP) is 1.13. The van der Waals surface area contributed by atoms with E-state index in [1.807, 2.05) is 24.3 Å². The van der Waals surface area contributed by atoms with Crippen LogP contribution in [0.1, 0.15) is 5.56 Å². The van der Waals surface area contributed by atoms with Gasteiger partial charge in [0.2, 0.25) is 5.95 Å². The minimum absolute atomic E-state index is 0.194. The third-order valence-corrected chi connectivity index (χ3v) is 2.60. The minimum atomic E-state index is 0.194. The van der Waals surface area contributed by atoms with Gasteiger partial charge in [-0.3, -0.25) is 0 Å². The Balaban J connectivity index is 2.16. The fourth-order valence-corrected chi connectivity index (χ4v) is 1.63. The number of methoxy groups -OCH3 is 2. The zero-order chi connectivity index (χ0) is 14.4. The third-order valence-electron chi connectivity index (χ3n) is 2.60. The Morgan fingerprint density at radius 1 is 1.00 bits per heavy atom. The molecule has 2 rings (SSSR count). The number of benzene rings is 1. The first-order valence-corrected chi connectivity index (χ1v) is 6.15. The molecule has 0 amide bonds. The van der Waals surface area contributed by atoms with Gasteiger partial charge in [-0.2, -0.15) is 9.97 Å². The summed E-state index contributed by atoms with van der Waals surface area (Å²) in [6.45, 7) is 0.634. The lowest BCUT2D eigenvalue weighted by atomic mass is 10.1. The Labute approximate surface area is 117 Å². The summed E-state index contributed by atoms with van der Waals surface area (Å²) in [5.74, 6) is 0.361. The highest BCUT2D eigenvalue weighted by molar-refractivity contribution is 5.53. The van der Waals surface area contributed by atoms with E-state index < -0.39 is 0 Å². The molecule has 106 valence electrons. The van der Waals surface area contributed by atoms with Crippen LogP contribution in [-0.2, 0) is 6.42 Å². The molecule has 3 N–H and O–H groups in total. The lowest BCUT2D eigenvalue weighted by molar-refractivity contribution is 0.341. The zero-order valence-corrected chi connectivity index (χ0v) is 11.5. The van der Waals surface area contributed by atoms with Crippen LogP contribution in [-0.4, -0.2) is 35.7 Å². The average molecular weight is 275 g/mol. The number of rotatable bonds is 6. The summed E-state index contributed by atoms with van der Waals surface area (Å²) in [6.07, 6.45) is 0.855. The van der Waals surface area contributed by atoms with Gasteiger partial charge < -0.3 is 20.5 Å². The molecule has 0 aliphatic rings. The van der Waals surface area contributed by atoms with E-state index in [4.69, 9.17) is 15.2 Å². The van der Waals surface area contributed by atoms with E-state index in [9.17, 15) is 0 Å². The quantitative estimate of drug-likeness (QED) is 0.816. The number of aromatic nitrogens is 3. The van der Waals surface area contributed by atoms with Crippen LogP contribution in [0.4, 0.5) is 11.6 Å². The maximum absolute atomic E-state index is 5.52. The predicted molar refractivity (Wildman–Crippen MR) is 75.4 cm³/mol. The smallest absolute Gasteiger partial charge is 0.324 e. The molecule has 0 bridgehead atoms. The molecule has 0 aliphatic heterocycles. The lowest BCUT2D eigenvalue weighted by Crippen LogP contribution is -2.04. The van der Waals surface area contributed by atoms with E-state index in [1.165, 1.54) is 19.8 Å². The Morgan fingerprint density at radius 3 is 2.10 bits per heavy atom. The Bertz CT molecular complexity index is 537. The van der Waals surface area contributed by atoms with Crippen molar-refractivity contribution in [1.82, 2.24) is 15.0 Å². The molecule has 0 atom stereocenters. The Kier molecular flexibility index (Phi) is 4.67. The SMILES string of the molecule is COc1nc(Nc2ccc(CCN)cc2)nc(OC)n1. The molecule has 1 aromatic heterocycles. The summed E-state index contributed by atoms with van der Waals surface area (Å²) in [7, 11) is 2.97. The molecule has 0 fully saturated rings. The van der Waals surface area contributed by atoms with E-state index in [2.05, 4.69) is 20.3 Å². The van der Waals surface area contributed by atoms with Crippen LogP contribution in [0, 0.1) is 0 Å². The Hall–Kier alpha value is -2.41. The standard InChI is InChI=1S/C13H17N5O2/c1-19-12-16-11(17-13(18-12)20-2)15-10-5-3-9(4-6-10)7-8-14/h3-6H,7-8,14H2,1-2H3,(H,15,16,17,18). The molecule has 0 saturated heterocycles. The number of hydrogen-bond acceptors (Lipinski definition) is 7. The lowest BCUT2D eigenvalue weighted by Gasteiger charge is -2.08. The molecular weight excluding hydrogens is 258 g/mol. The van der Waals surface area contributed by atoms with Gasteiger partial charge in [0.1, 0.15) is 0 Å². The maximum atomic E-state index is 5.52. The summed E-state index contributed by atoms with van der Waals surface area (Å²) in [6, 6.07) is 8.27. The molecule has 1 heterocycles. The van der Waals surface area contributed by atoms with Crippen molar-refractivity contribution in [2.45, 2.75) is 6.42 Å². The Morgan fingerprint density at radius 2 is 1.60 bits per heavy atom. The highest BCUT2D eigenvalue weighted by Gasteiger charge is 2.07. The molecule has 7 heteroatoms. The van der Waals surface area contributed by atoms with Crippen LogP contribution < -0.4 is 20.5 Å². The summed E-state index contributed by atoms with van der Waals surface area (Å²) in [5, 5.41) is 3.07. The number of nitrogens with zero attached hydrogens (tertiary/aromatic N) is 3. The van der Waals surface area contributed by atoms with Gasteiger partial charge in [0.25, 0.3) is 0 Å². The number of ether oxygens (including phenoxy) is 2. The van der Waals surface area contributed by atoms with Gasteiger partial charge >= 0.3 is 12.0 Å². The summed E-state index contributed by atoms with van der Waals surface area (Å²) < 4.78 is 9.98. The maximum Gasteiger partial charge on any atom is 0.324 e. The number of anilines is 2. The topological polar surface area (TPSA) is 95.2 Å². The first-order valence-electron chi connectivity index (χ1n) is 6.15. The molecule has 0 unspecified atom stereocenters. The van der Waals surface area contributed by atoms with Crippen molar-refractivity contribution in [2.24, 2.45) is 5.73 Å². The van der Waals surface area contributed by atoms with Gasteiger partial charge in [0.15, 0.2) is 0 Å². The molecule has 0 saturated carbocycles. The fraction of sp³-hybridized carbons (Fsp3) is 0.308. The van der Waals surface area contributed by atoms with Crippen LogP contribution in [0.25, 0.3) is 0 Å². The molecule has 20 heavy (non-hydrogen) atoms. The van der Waals surface area contributed by atoms with Crippen molar-refractivity contribution in [3.8, 4) is 12.0 Å². The van der Waals surface area contributed by atoms with Gasteiger partial charge in [0, 0.05) is 5.69 Å². The van der Waals surface area contributed by atoms with Crippen LogP contribution in [0.3, 0.4) is 0 Å². The highest BCUT2D eigenvalue weighted by atomic mass is 16.5.